The average molecular weight is 503 g/mol. The van der Waals surface area contributed by atoms with E-state index in [9.17, 15) is 4.79 Å². The van der Waals surface area contributed by atoms with Gasteiger partial charge in [0.2, 0.25) is 0 Å². The fraction of sp³-hybridized carbons (Fsp3) is 0.0278. The minimum absolute atomic E-state index is 0.0232. The fourth-order valence-corrected chi connectivity index (χ4v) is 5.76. The maximum absolute atomic E-state index is 14.9. The first-order chi connectivity index (χ1) is 19.3. The zero-order valence-electron chi connectivity index (χ0n) is 21.4. The van der Waals surface area contributed by atoms with Gasteiger partial charge in [-0.15, -0.1) is 0 Å². The highest BCUT2D eigenvalue weighted by molar-refractivity contribution is 6.19. The van der Waals surface area contributed by atoms with Gasteiger partial charge in [0.05, 0.1) is 22.6 Å². The predicted molar refractivity (Wildman–Crippen MR) is 158 cm³/mol. The number of hydrazine groups is 1. The average Bonchev–Trinajstić information content (AvgIpc) is 3.50. The van der Waals surface area contributed by atoms with Crippen LogP contribution in [0.4, 0.5) is 11.4 Å². The van der Waals surface area contributed by atoms with Gasteiger partial charge in [-0.1, -0.05) is 121 Å². The van der Waals surface area contributed by atoms with E-state index in [1.54, 1.807) is 0 Å². The summed E-state index contributed by atoms with van der Waals surface area (Å²) in [5, 5.41) is 3.95. The summed E-state index contributed by atoms with van der Waals surface area (Å²) in [5.74, 6) is -0.0232. The normalized spacial score (nSPS) is 13.9. The van der Waals surface area contributed by atoms with Crippen LogP contribution in [0.25, 0.3) is 11.3 Å². The van der Waals surface area contributed by atoms with Crippen molar-refractivity contribution in [1.82, 2.24) is 5.01 Å². The summed E-state index contributed by atoms with van der Waals surface area (Å²) in [7, 11) is 0. The molecule has 1 amide bonds. The van der Waals surface area contributed by atoms with E-state index in [0.29, 0.717) is 6.42 Å². The van der Waals surface area contributed by atoms with Gasteiger partial charge in [-0.2, -0.15) is 0 Å². The molecule has 0 saturated carbocycles. The second kappa shape index (κ2) is 9.62. The molecule has 0 aromatic heterocycles. The molecular formula is C36H26N2O. The van der Waals surface area contributed by atoms with Crippen molar-refractivity contribution in [1.29, 1.82) is 0 Å². The first-order valence-corrected chi connectivity index (χ1v) is 13.2. The Bertz CT molecular complexity index is 1640. The Hall–Kier alpha value is -5.15. The van der Waals surface area contributed by atoms with Gasteiger partial charge in [0.15, 0.2) is 0 Å². The van der Waals surface area contributed by atoms with E-state index < -0.39 is 0 Å². The van der Waals surface area contributed by atoms with Crippen LogP contribution in [-0.4, -0.2) is 10.9 Å². The Morgan fingerprint density at radius 2 is 1.03 bits per heavy atom. The lowest BCUT2D eigenvalue weighted by molar-refractivity contribution is -0.123. The van der Waals surface area contributed by atoms with Crippen molar-refractivity contribution < 1.29 is 4.79 Å². The maximum Gasteiger partial charge on any atom is 0.278 e. The molecule has 1 aliphatic heterocycles. The van der Waals surface area contributed by atoms with Crippen LogP contribution in [0.1, 0.15) is 22.3 Å². The van der Waals surface area contributed by atoms with Gasteiger partial charge in [0.1, 0.15) is 0 Å². The number of carbonyl (C=O) groups is 1. The summed E-state index contributed by atoms with van der Waals surface area (Å²) in [5.41, 5.74) is 10.0. The van der Waals surface area contributed by atoms with E-state index in [-0.39, 0.29) is 5.91 Å². The highest BCUT2D eigenvalue weighted by atomic mass is 16.2. The summed E-state index contributed by atoms with van der Waals surface area (Å²) in [4.78, 5) is 14.9. The van der Waals surface area contributed by atoms with Crippen LogP contribution in [0.5, 0.6) is 0 Å². The number of anilines is 2. The number of carbonyl (C=O) groups excluding carboxylic acids is 1. The van der Waals surface area contributed by atoms with E-state index >= 15 is 0 Å². The molecule has 0 N–H and O–H groups in total. The molecule has 1 aliphatic carbocycles. The van der Waals surface area contributed by atoms with Crippen molar-refractivity contribution >= 4 is 28.6 Å². The molecule has 0 fully saturated rings. The van der Waals surface area contributed by atoms with Crippen molar-refractivity contribution in [2.24, 2.45) is 0 Å². The molecule has 0 atom stereocenters. The van der Waals surface area contributed by atoms with Crippen molar-refractivity contribution in [3.05, 3.63) is 179 Å². The van der Waals surface area contributed by atoms with Gasteiger partial charge in [0, 0.05) is 17.6 Å². The number of hydrogen-bond acceptors (Lipinski definition) is 2. The SMILES string of the molecule is O=C1C(=C(c2ccccc2)c2ccccc2)C2=C(c3ccccc3C2)N1N(c1ccccc1)c1ccccc1. The number of hydrogen-bond donors (Lipinski definition) is 0. The highest BCUT2D eigenvalue weighted by Gasteiger charge is 2.45. The number of para-hydroxylation sites is 2. The molecule has 39 heavy (non-hydrogen) atoms. The van der Waals surface area contributed by atoms with Gasteiger partial charge >= 0.3 is 0 Å². The van der Waals surface area contributed by atoms with Gasteiger partial charge in [-0.25, -0.2) is 10.0 Å². The monoisotopic (exact) mass is 502 g/mol. The zero-order valence-corrected chi connectivity index (χ0v) is 21.4. The van der Waals surface area contributed by atoms with E-state index in [4.69, 9.17) is 0 Å². The highest BCUT2D eigenvalue weighted by Crippen LogP contribution is 2.50. The maximum atomic E-state index is 14.9. The molecule has 0 radical (unpaired) electrons. The number of amides is 1. The third kappa shape index (κ3) is 3.87. The summed E-state index contributed by atoms with van der Waals surface area (Å²) < 4.78 is 0. The fourth-order valence-electron chi connectivity index (χ4n) is 5.76. The molecule has 5 aromatic carbocycles. The first-order valence-electron chi connectivity index (χ1n) is 13.2. The summed E-state index contributed by atoms with van der Waals surface area (Å²) in [6.07, 6.45) is 0.712. The number of benzene rings is 5. The second-order valence-corrected chi connectivity index (χ2v) is 9.74. The smallest absolute Gasteiger partial charge is 0.267 e. The van der Waals surface area contributed by atoms with Crippen molar-refractivity contribution in [3.8, 4) is 0 Å². The number of nitrogens with zero attached hydrogens (tertiary/aromatic N) is 2. The topological polar surface area (TPSA) is 23.6 Å². The Labute approximate surface area is 228 Å². The third-order valence-corrected chi connectivity index (χ3v) is 7.42. The van der Waals surface area contributed by atoms with E-state index in [2.05, 4.69) is 77.8 Å². The molecule has 3 nitrogen and oxygen atoms in total. The molecule has 1 heterocycles. The molecule has 0 spiro atoms. The van der Waals surface area contributed by atoms with Gasteiger partial charge in [0.25, 0.3) is 5.91 Å². The molecule has 2 aliphatic rings. The third-order valence-electron chi connectivity index (χ3n) is 7.42. The van der Waals surface area contributed by atoms with Crippen molar-refractivity contribution in [2.75, 3.05) is 5.01 Å². The van der Waals surface area contributed by atoms with Crippen LogP contribution in [-0.2, 0) is 11.2 Å². The summed E-state index contributed by atoms with van der Waals surface area (Å²) in [6, 6.07) is 49.3. The van der Waals surface area contributed by atoms with Crippen LogP contribution >= 0.6 is 0 Å². The van der Waals surface area contributed by atoms with Crippen LogP contribution in [0, 0.1) is 0 Å². The standard InChI is InChI=1S/C36H26N2O/c39-36-34(33(26-15-5-1-6-16-26)27-17-7-2-8-18-27)32-25-28-19-13-14-24-31(28)35(32)38(36)37(29-20-9-3-10-21-29)30-22-11-4-12-23-30/h1-24H,25H2. The quantitative estimate of drug-likeness (QED) is 0.227. The van der Waals surface area contributed by atoms with Crippen molar-refractivity contribution in [3.63, 3.8) is 0 Å². The van der Waals surface area contributed by atoms with E-state index in [1.807, 2.05) is 77.8 Å². The lowest BCUT2D eigenvalue weighted by atomic mass is 9.89. The molecule has 0 bridgehead atoms. The Morgan fingerprint density at radius 1 is 0.564 bits per heavy atom. The summed E-state index contributed by atoms with van der Waals surface area (Å²) in [6.45, 7) is 0. The summed E-state index contributed by atoms with van der Waals surface area (Å²) >= 11 is 0. The molecule has 3 heteroatoms. The molecule has 186 valence electrons. The molecular weight excluding hydrogens is 476 g/mol. The van der Waals surface area contributed by atoms with Crippen LogP contribution in [0.2, 0.25) is 0 Å². The molecule has 0 unspecified atom stereocenters. The van der Waals surface area contributed by atoms with Gasteiger partial charge in [-0.3, -0.25) is 4.79 Å². The van der Waals surface area contributed by atoms with Crippen LogP contribution < -0.4 is 5.01 Å². The Kier molecular flexibility index (Phi) is 5.68. The largest absolute Gasteiger partial charge is 0.278 e. The molecule has 5 aromatic rings. The zero-order chi connectivity index (χ0) is 26.2. The minimum atomic E-state index is -0.0232. The number of fused-ring (bicyclic) bond motifs is 2. The number of rotatable bonds is 5. The van der Waals surface area contributed by atoms with E-state index in [0.717, 1.165) is 50.5 Å². The van der Waals surface area contributed by atoms with Gasteiger partial charge < -0.3 is 0 Å². The van der Waals surface area contributed by atoms with Crippen LogP contribution in [0.3, 0.4) is 0 Å². The predicted octanol–water partition coefficient (Wildman–Crippen LogP) is 8.05. The lowest BCUT2D eigenvalue weighted by Gasteiger charge is -2.35. The van der Waals surface area contributed by atoms with E-state index in [1.165, 1.54) is 5.56 Å². The Balaban J connectivity index is 1.54. The van der Waals surface area contributed by atoms with Crippen molar-refractivity contribution in [2.45, 2.75) is 6.42 Å². The molecule has 7 rings (SSSR count). The lowest BCUT2D eigenvalue weighted by Crippen LogP contribution is -2.40. The second-order valence-electron chi connectivity index (χ2n) is 9.74. The van der Waals surface area contributed by atoms with Crippen LogP contribution in [0.15, 0.2) is 157 Å². The Morgan fingerprint density at radius 3 is 1.56 bits per heavy atom. The minimum Gasteiger partial charge on any atom is -0.267 e. The first kappa shape index (κ1) is 23.0. The molecule has 0 saturated heterocycles. The van der Waals surface area contributed by atoms with Gasteiger partial charge in [-0.05, 0) is 46.5 Å².